The number of hydrogen-bond acceptors (Lipinski definition) is 3. The topological polar surface area (TPSA) is 24.5 Å². The summed E-state index contributed by atoms with van der Waals surface area (Å²) in [5.74, 6) is 0.678. The van der Waals surface area contributed by atoms with Gasteiger partial charge in [-0.2, -0.15) is 0 Å². The van der Waals surface area contributed by atoms with Crippen molar-refractivity contribution >= 4 is 11.4 Å². The molecule has 19 heavy (non-hydrogen) atoms. The van der Waals surface area contributed by atoms with Crippen molar-refractivity contribution < 1.29 is 4.74 Å². The summed E-state index contributed by atoms with van der Waals surface area (Å²) in [6.07, 6.45) is 1.20. The molecule has 0 radical (unpaired) electrons. The van der Waals surface area contributed by atoms with Crippen molar-refractivity contribution in [2.24, 2.45) is 5.92 Å². The number of anilines is 2. The molecule has 1 N–H and O–H groups in total. The maximum Gasteiger partial charge on any atom is 0.0642 e. The molecule has 1 aromatic carbocycles. The van der Waals surface area contributed by atoms with Crippen LogP contribution in [0.1, 0.15) is 27.2 Å². The van der Waals surface area contributed by atoms with Crippen LogP contribution in [0.25, 0.3) is 0 Å². The van der Waals surface area contributed by atoms with Gasteiger partial charge in [-0.3, -0.25) is 0 Å². The lowest BCUT2D eigenvalue weighted by atomic mass is 10.0. The van der Waals surface area contributed by atoms with E-state index in [-0.39, 0.29) is 0 Å². The van der Waals surface area contributed by atoms with Crippen LogP contribution < -0.4 is 10.2 Å². The molecule has 0 bridgehead atoms. The Labute approximate surface area is 116 Å². The number of nitrogens with one attached hydrogen (secondary N) is 1. The molecule has 0 spiro atoms. The van der Waals surface area contributed by atoms with Crippen LogP contribution >= 0.6 is 0 Å². The number of rotatable bonds is 5. The zero-order valence-electron chi connectivity index (χ0n) is 12.4. The highest BCUT2D eigenvalue weighted by Gasteiger charge is 2.16. The van der Waals surface area contributed by atoms with Crippen LogP contribution in [0.4, 0.5) is 11.4 Å². The average Bonchev–Trinajstić information content (AvgIpc) is 2.47. The van der Waals surface area contributed by atoms with Gasteiger partial charge in [-0.15, -0.1) is 0 Å². The van der Waals surface area contributed by atoms with Gasteiger partial charge >= 0.3 is 0 Å². The SMILES string of the molecule is CCC(C)C(C)Nc1ccccc1N1CCOCC1. The molecular formula is C16H26N2O. The molecule has 1 heterocycles. The van der Waals surface area contributed by atoms with Crippen molar-refractivity contribution in [2.45, 2.75) is 33.2 Å². The van der Waals surface area contributed by atoms with Gasteiger partial charge in [0.2, 0.25) is 0 Å². The predicted octanol–water partition coefficient (Wildman–Crippen LogP) is 3.37. The summed E-state index contributed by atoms with van der Waals surface area (Å²) in [7, 11) is 0. The second-order valence-electron chi connectivity index (χ2n) is 5.44. The first kappa shape index (κ1) is 14.2. The summed E-state index contributed by atoms with van der Waals surface area (Å²) in [5.41, 5.74) is 2.55. The first-order valence-electron chi connectivity index (χ1n) is 7.40. The number of para-hydroxylation sites is 2. The first-order chi connectivity index (χ1) is 9.22. The number of morpholine rings is 1. The fraction of sp³-hybridized carbons (Fsp3) is 0.625. The lowest BCUT2D eigenvalue weighted by Gasteiger charge is -2.32. The summed E-state index contributed by atoms with van der Waals surface area (Å²) in [6, 6.07) is 9.10. The Morgan fingerprint density at radius 2 is 1.89 bits per heavy atom. The molecular weight excluding hydrogens is 236 g/mol. The minimum absolute atomic E-state index is 0.493. The Morgan fingerprint density at radius 3 is 2.58 bits per heavy atom. The molecule has 1 aromatic rings. The first-order valence-corrected chi connectivity index (χ1v) is 7.40. The van der Waals surface area contributed by atoms with Crippen LogP contribution in [-0.4, -0.2) is 32.3 Å². The monoisotopic (exact) mass is 262 g/mol. The van der Waals surface area contributed by atoms with E-state index in [0.29, 0.717) is 12.0 Å². The molecule has 2 rings (SSSR count). The van der Waals surface area contributed by atoms with E-state index in [1.165, 1.54) is 17.8 Å². The predicted molar refractivity (Wildman–Crippen MR) is 82.0 cm³/mol. The van der Waals surface area contributed by atoms with E-state index in [1.807, 2.05) is 0 Å². The molecule has 0 aliphatic carbocycles. The number of nitrogens with zero attached hydrogens (tertiary/aromatic N) is 1. The molecule has 2 unspecified atom stereocenters. The number of hydrogen-bond donors (Lipinski definition) is 1. The van der Waals surface area contributed by atoms with Crippen molar-refractivity contribution in [1.82, 2.24) is 0 Å². The maximum absolute atomic E-state index is 5.44. The van der Waals surface area contributed by atoms with Crippen LogP contribution in [-0.2, 0) is 4.74 Å². The van der Waals surface area contributed by atoms with E-state index in [2.05, 4.69) is 55.3 Å². The van der Waals surface area contributed by atoms with Gasteiger partial charge in [-0.1, -0.05) is 32.4 Å². The average molecular weight is 262 g/mol. The van der Waals surface area contributed by atoms with Crippen LogP contribution in [0, 0.1) is 5.92 Å². The molecule has 0 saturated carbocycles. The van der Waals surface area contributed by atoms with Gasteiger partial charge < -0.3 is 15.0 Å². The highest BCUT2D eigenvalue weighted by Crippen LogP contribution is 2.28. The lowest BCUT2D eigenvalue weighted by molar-refractivity contribution is 0.123. The fourth-order valence-corrected chi connectivity index (χ4v) is 2.42. The second-order valence-corrected chi connectivity index (χ2v) is 5.44. The van der Waals surface area contributed by atoms with Gasteiger partial charge in [-0.05, 0) is 25.0 Å². The van der Waals surface area contributed by atoms with E-state index < -0.39 is 0 Å². The Morgan fingerprint density at radius 1 is 1.21 bits per heavy atom. The standard InChI is InChI=1S/C16H26N2O/c1-4-13(2)14(3)17-15-7-5-6-8-16(15)18-9-11-19-12-10-18/h5-8,13-14,17H,4,9-12H2,1-3H3. The van der Waals surface area contributed by atoms with Gasteiger partial charge in [0.15, 0.2) is 0 Å². The number of ether oxygens (including phenoxy) is 1. The van der Waals surface area contributed by atoms with E-state index in [1.54, 1.807) is 0 Å². The number of benzene rings is 1. The third kappa shape index (κ3) is 3.63. The Bertz CT molecular complexity index is 388. The Kier molecular flexibility index (Phi) is 5.08. The molecule has 0 amide bonds. The highest BCUT2D eigenvalue weighted by molar-refractivity contribution is 5.70. The minimum Gasteiger partial charge on any atom is -0.381 e. The van der Waals surface area contributed by atoms with E-state index in [9.17, 15) is 0 Å². The van der Waals surface area contributed by atoms with Gasteiger partial charge in [0.25, 0.3) is 0 Å². The molecule has 1 aliphatic heterocycles. The molecule has 2 atom stereocenters. The Balaban J connectivity index is 2.11. The van der Waals surface area contributed by atoms with Crippen LogP contribution in [0.15, 0.2) is 24.3 Å². The zero-order valence-corrected chi connectivity index (χ0v) is 12.4. The minimum atomic E-state index is 0.493. The summed E-state index contributed by atoms with van der Waals surface area (Å²) in [5, 5.41) is 3.68. The van der Waals surface area contributed by atoms with E-state index in [4.69, 9.17) is 4.74 Å². The van der Waals surface area contributed by atoms with E-state index in [0.717, 1.165) is 26.3 Å². The third-order valence-electron chi connectivity index (χ3n) is 4.14. The van der Waals surface area contributed by atoms with Crippen LogP contribution in [0.2, 0.25) is 0 Å². The highest BCUT2D eigenvalue weighted by atomic mass is 16.5. The lowest BCUT2D eigenvalue weighted by Crippen LogP contribution is -2.37. The van der Waals surface area contributed by atoms with Gasteiger partial charge in [0.05, 0.1) is 24.6 Å². The van der Waals surface area contributed by atoms with Crippen LogP contribution in [0.5, 0.6) is 0 Å². The molecule has 1 fully saturated rings. The summed E-state index contributed by atoms with van der Waals surface area (Å²) < 4.78 is 5.44. The third-order valence-corrected chi connectivity index (χ3v) is 4.14. The maximum atomic E-state index is 5.44. The van der Waals surface area contributed by atoms with Crippen molar-refractivity contribution in [2.75, 3.05) is 36.5 Å². The summed E-state index contributed by atoms with van der Waals surface area (Å²) in [6.45, 7) is 10.4. The molecule has 1 saturated heterocycles. The molecule has 3 nitrogen and oxygen atoms in total. The van der Waals surface area contributed by atoms with Crippen molar-refractivity contribution in [3.8, 4) is 0 Å². The fourth-order valence-electron chi connectivity index (χ4n) is 2.42. The largest absolute Gasteiger partial charge is 0.381 e. The van der Waals surface area contributed by atoms with E-state index >= 15 is 0 Å². The van der Waals surface area contributed by atoms with Crippen molar-refractivity contribution in [3.05, 3.63) is 24.3 Å². The Hall–Kier alpha value is -1.22. The van der Waals surface area contributed by atoms with Crippen molar-refractivity contribution in [1.29, 1.82) is 0 Å². The van der Waals surface area contributed by atoms with Crippen LogP contribution in [0.3, 0.4) is 0 Å². The molecule has 0 aromatic heterocycles. The van der Waals surface area contributed by atoms with Gasteiger partial charge in [0, 0.05) is 19.1 Å². The summed E-state index contributed by atoms with van der Waals surface area (Å²) in [4.78, 5) is 2.41. The quantitative estimate of drug-likeness (QED) is 0.880. The molecule has 106 valence electrons. The molecule has 1 aliphatic rings. The summed E-state index contributed by atoms with van der Waals surface area (Å²) >= 11 is 0. The molecule has 3 heteroatoms. The smallest absolute Gasteiger partial charge is 0.0642 e. The second kappa shape index (κ2) is 6.80. The zero-order chi connectivity index (χ0) is 13.7. The van der Waals surface area contributed by atoms with Gasteiger partial charge in [-0.25, -0.2) is 0 Å². The van der Waals surface area contributed by atoms with Gasteiger partial charge in [0.1, 0.15) is 0 Å². The van der Waals surface area contributed by atoms with Crippen molar-refractivity contribution in [3.63, 3.8) is 0 Å². The normalized spacial score (nSPS) is 19.0.